The third kappa shape index (κ3) is 9.28. The summed E-state index contributed by atoms with van der Waals surface area (Å²) in [6.45, 7) is 0.231. The van der Waals surface area contributed by atoms with Crippen molar-refractivity contribution in [3.05, 3.63) is 78.0 Å². The Balaban J connectivity index is 1.56. The fourth-order valence-corrected chi connectivity index (χ4v) is 5.33. The third-order valence-corrected chi connectivity index (χ3v) is 7.81. The highest BCUT2D eigenvalue weighted by Gasteiger charge is 2.30. The molecule has 0 aliphatic carbocycles. The van der Waals surface area contributed by atoms with Crippen molar-refractivity contribution in [1.82, 2.24) is 9.47 Å². The van der Waals surface area contributed by atoms with Crippen LogP contribution < -0.4 is 20.5 Å². The van der Waals surface area contributed by atoms with E-state index in [2.05, 4.69) is 22.5 Å². The lowest BCUT2D eigenvalue weighted by atomic mass is 10.1. The van der Waals surface area contributed by atoms with E-state index in [4.69, 9.17) is 9.88 Å². The van der Waals surface area contributed by atoms with Crippen LogP contribution in [-0.2, 0) is 13.1 Å². The summed E-state index contributed by atoms with van der Waals surface area (Å²) in [5, 5.41) is 30.8. The van der Waals surface area contributed by atoms with Crippen LogP contribution in [0.3, 0.4) is 0 Å². The Bertz CT molecular complexity index is 1640. The number of nitrogens with two attached hydrogens (primary N) is 1. The van der Waals surface area contributed by atoms with E-state index in [0.717, 1.165) is 15.8 Å². The second-order valence-corrected chi connectivity index (χ2v) is 11.8. The minimum atomic E-state index is -4.48. The van der Waals surface area contributed by atoms with Crippen LogP contribution in [0.1, 0.15) is 11.3 Å². The number of alkyl halides is 3. The molecule has 45 heavy (non-hydrogen) atoms. The van der Waals surface area contributed by atoms with Gasteiger partial charge in [0.1, 0.15) is 12.3 Å². The SMILES string of the molecule is COc1cc(S(N)(O)O)ccc1NCC#Cc1cc2c(Nc3ccc(CN(CCO)CCO)cc3)cccc2n1CC(F)(F)F. The highest BCUT2D eigenvalue weighted by molar-refractivity contribution is 8.22. The van der Waals surface area contributed by atoms with Crippen LogP contribution in [0.2, 0.25) is 0 Å². The second-order valence-electron chi connectivity index (χ2n) is 10.1. The van der Waals surface area contributed by atoms with E-state index in [-0.39, 0.29) is 30.3 Å². The van der Waals surface area contributed by atoms with E-state index in [1.165, 1.54) is 19.2 Å². The number of methoxy groups -OCH3 is 1. The van der Waals surface area contributed by atoms with E-state index in [1.807, 2.05) is 29.2 Å². The molecule has 0 fully saturated rings. The summed E-state index contributed by atoms with van der Waals surface area (Å²) in [5.41, 5.74) is 3.36. The first-order valence-electron chi connectivity index (χ1n) is 13.9. The number of nitrogens with one attached hydrogen (secondary N) is 2. The van der Waals surface area contributed by atoms with E-state index in [1.54, 1.807) is 30.3 Å². The van der Waals surface area contributed by atoms with Gasteiger partial charge in [0.05, 0.1) is 48.7 Å². The first kappa shape index (κ1) is 33.9. The molecule has 0 atom stereocenters. The largest absolute Gasteiger partial charge is 0.495 e. The van der Waals surface area contributed by atoms with Crippen molar-refractivity contribution in [3.8, 4) is 17.6 Å². The first-order chi connectivity index (χ1) is 21.4. The third-order valence-electron chi connectivity index (χ3n) is 6.86. The molecule has 4 rings (SSSR count). The molecule has 0 saturated heterocycles. The molecular weight excluding hydrogens is 611 g/mol. The highest BCUT2D eigenvalue weighted by atomic mass is 32.3. The Hall–Kier alpha value is -3.94. The quantitative estimate of drug-likeness (QED) is 0.0974. The summed E-state index contributed by atoms with van der Waals surface area (Å²) in [4.78, 5) is 2.02. The summed E-state index contributed by atoms with van der Waals surface area (Å²) >= 11 is 0. The minimum Gasteiger partial charge on any atom is -0.495 e. The molecule has 0 saturated carbocycles. The maximum Gasteiger partial charge on any atom is 0.406 e. The molecule has 14 heteroatoms. The topological polar surface area (TPSA) is 148 Å². The minimum absolute atomic E-state index is 0.0175. The van der Waals surface area contributed by atoms with E-state index in [0.29, 0.717) is 47.7 Å². The summed E-state index contributed by atoms with van der Waals surface area (Å²) in [6, 6.07) is 18.6. The maximum atomic E-state index is 13.6. The zero-order chi connectivity index (χ0) is 32.6. The predicted octanol–water partition coefficient (Wildman–Crippen LogP) is 5.19. The molecule has 0 unspecified atom stereocenters. The van der Waals surface area contributed by atoms with Gasteiger partial charge in [-0.05, 0) is 53.9 Å². The second kappa shape index (κ2) is 14.9. The van der Waals surface area contributed by atoms with Crippen LogP contribution >= 0.6 is 10.8 Å². The molecule has 8 N–H and O–H groups in total. The molecule has 0 amide bonds. The van der Waals surface area contributed by atoms with E-state index in [9.17, 15) is 32.5 Å². The summed E-state index contributed by atoms with van der Waals surface area (Å²) in [6.07, 6.45) is -4.48. The predicted molar refractivity (Wildman–Crippen MR) is 171 cm³/mol. The van der Waals surface area contributed by atoms with Gasteiger partial charge < -0.3 is 30.2 Å². The summed E-state index contributed by atoms with van der Waals surface area (Å²) in [5.74, 6) is 6.01. The number of ether oxygens (including phenoxy) is 1. The molecule has 1 heterocycles. The number of aromatic nitrogens is 1. The maximum absolute atomic E-state index is 13.6. The molecule has 3 aromatic carbocycles. The van der Waals surface area contributed by atoms with Crippen molar-refractivity contribution in [2.45, 2.75) is 24.2 Å². The fraction of sp³-hybridized carbons (Fsp3) is 0.290. The number of anilines is 3. The number of rotatable bonds is 13. The van der Waals surface area contributed by atoms with Crippen LogP contribution in [-0.4, -0.2) is 74.9 Å². The van der Waals surface area contributed by atoms with Crippen LogP contribution in [0, 0.1) is 11.8 Å². The number of nitrogens with zero attached hydrogens (tertiary/aromatic N) is 2. The van der Waals surface area contributed by atoms with Gasteiger partial charge in [-0.15, -0.1) is 10.8 Å². The van der Waals surface area contributed by atoms with Crippen LogP contribution in [0.25, 0.3) is 10.9 Å². The van der Waals surface area contributed by atoms with Crippen molar-refractivity contribution in [2.24, 2.45) is 5.14 Å². The van der Waals surface area contributed by atoms with Crippen molar-refractivity contribution >= 4 is 38.7 Å². The van der Waals surface area contributed by atoms with Gasteiger partial charge in [-0.1, -0.05) is 24.1 Å². The van der Waals surface area contributed by atoms with Gasteiger partial charge in [-0.25, -0.2) is 5.14 Å². The standard InChI is InChI=1S/C31H36F3N5O5S/c1-44-30-19-25(45(35,42)43)11-12-28(30)36-13-3-4-24-18-26-27(5-2-6-29(26)39(24)21-31(32,33)34)37-23-9-7-22(8-10-23)20-38(14-16-40)15-17-41/h2,5-12,18-19,36-37,40-43H,13-17,20-21,35H2,1H3. The van der Waals surface area contributed by atoms with Gasteiger partial charge in [0.25, 0.3) is 0 Å². The average molecular weight is 648 g/mol. The molecular formula is C31H36F3N5O5S. The lowest BCUT2D eigenvalue weighted by molar-refractivity contribution is -0.140. The van der Waals surface area contributed by atoms with E-state index >= 15 is 0 Å². The molecule has 10 nitrogen and oxygen atoms in total. The van der Waals surface area contributed by atoms with Gasteiger partial charge in [-0.2, -0.15) is 13.2 Å². The van der Waals surface area contributed by atoms with Crippen molar-refractivity contribution in [3.63, 3.8) is 0 Å². The molecule has 0 aliphatic heterocycles. The van der Waals surface area contributed by atoms with Gasteiger partial charge in [0, 0.05) is 42.5 Å². The Morgan fingerprint density at radius 1 is 0.978 bits per heavy atom. The lowest BCUT2D eigenvalue weighted by Gasteiger charge is -2.26. The molecule has 4 aromatic rings. The smallest absolute Gasteiger partial charge is 0.406 e. The monoisotopic (exact) mass is 647 g/mol. The Kier molecular flexibility index (Phi) is 11.2. The molecule has 0 bridgehead atoms. The number of aliphatic hydroxyl groups is 2. The zero-order valence-corrected chi connectivity index (χ0v) is 25.3. The fourth-order valence-electron chi connectivity index (χ4n) is 4.79. The van der Waals surface area contributed by atoms with Gasteiger partial charge >= 0.3 is 6.18 Å². The molecule has 242 valence electrons. The first-order valence-corrected chi connectivity index (χ1v) is 15.5. The number of halogens is 3. The van der Waals surface area contributed by atoms with Crippen LogP contribution in [0.15, 0.2) is 71.6 Å². The summed E-state index contributed by atoms with van der Waals surface area (Å²) in [7, 11) is -2.03. The van der Waals surface area contributed by atoms with Gasteiger partial charge in [-0.3, -0.25) is 14.0 Å². The normalized spacial score (nSPS) is 12.2. The van der Waals surface area contributed by atoms with Crippen molar-refractivity contribution in [2.75, 3.05) is 50.6 Å². The average Bonchev–Trinajstić information content (AvgIpc) is 3.32. The van der Waals surface area contributed by atoms with E-state index < -0.39 is 23.5 Å². The van der Waals surface area contributed by atoms with Crippen molar-refractivity contribution in [1.29, 1.82) is 0 Å². The number of hydrogen-bond donors (Lipinski definition) is 7. The molecule has 1 aromatic heterocycles. The van der Waals surface area contributed by atoms with Gasteiger partial charge in [0.2, 0.25) is 0 Å². The number of hydrogen-bond acceptors (Lipinski definition) is 9. The summed E-state index contributed by atoms with van der Waals surface area (Å²) < 4.78 is 66.7. The highest BCUT2D eigenvalue weighted by Crippen LogP contribution is 2.43. The zero-order valence-electron chi connectivity index (χ0n) is 24.5. The van der Waals surface area contributed by atoms with Gasteiger partial charge in [0.15, 0.2) is 0 Å². The molecule has 0 aliphatic rings. The number of fused-ring (bicyclic) bond motifs is 1. The molecule has 0 radical (unpaired) electrons. The Morgan fingerprint density at radius 2 is 1.69 bits per heavy atom. The van der Waals surface area contributed by atoms with Crippen LogP contribution in [0.5, 0.6) is 5.75 Å². The number of benzene rings is 3. The number of aliphatic hydroxyl groups excluding tert-OH is 2. The molecule has 0 spiro atoms. The van der Waals surface area contributed by atoms with Crippen LogP contribution in [0.4, 0.5) is 30.2 Å². The Morgan fingerprint density at radius 3 is 2.31 bits per heavy atom. The Labute approximate surface area is 260 Å². The lowest BCUT2D eigenvalue weighted by Crippen LogP contribution is -2.29. The van der Waals surface area contributed by atoms with Crippen molar-refractivity contribution < 1.29 is 37.2 Å².